The molecule has 0 spiro atoms. The second kappa shape index (κ2) is 4.55. The zero-order valence-corrected chi connectivity index (χ0v) is 8.89. The predicted octanol–water partition coefficient (Wildman–Crippen LogP) is 2.85. The predicted molar refractivity (Wildman–Crippen MR) is 52.4 cm³/mol. The van der Waals surface area contributed by atoms with Gasteiger partial charge >= 0.3 is 6.18 Å². The number of Topliss-reactive ketones (excluding diaryl/α,β-unsaturated/α-hetero) is 1. The third kappa shape index (κ3) is 3.25. The normalized spacial score (nSPS) is 11.3. The number of methoxy groups -OCH3 is 1. The summed E-state index contributed by atoms with van der Waals surface area (Å²) >= 11 is 0. The highest BCUT2D eigenvalue weighted by atomic mass is 19.4. The van der Waals surface area contributed by atoms with Crippen LogP contribution in [0.15, 0.2) is 18.2 Å². The fraction of sp³-hybridized carbons (Fsp3) is 0.364. The third-order valence-corrected chi connectivity index (χ3v) is 1.98. The van der Waals surface area contributed by atoms with Crippen molar-refractivity contribution < 1.29 is 22.7 Å². The van der Waals surface area contributed by atoms with Gasteiger partial charge in [-0.3, -0.25) is 4.79 Å². The minimum absolute atomic E-state index is 0.0275. The Morgan fingerprint density at radius 2 is 1.94 bits per heavy atom. The van der Waals surface area contributed by atoms with Gasteiger partial charge in [0.2, 0.25) is 0 Å². The van der Waals surface area contributed by atoms with E-state index < -0.39 is 11.7 Å². The molecule has 0 aliphatic rings. The molecular weight excluding hydrogens is 221 g/mol. The zero-order valence-electron chi connectivity index (χ0n) is 8.89. The van der Waals surface area contributed by atoms with Crippen molar-refractivity contribution in [1.82, 2.24) is 0 Å². The Kier molecular flexibility index (Phi) is 3.57. The first kappa shape index (κ1) is 12.5. The minimum atomic E-state index is -4.43. The lowest BCUT2D eigenvalue weighted by atomic mass is 10.1. The van der Waals surface area contributed by atoms with E-state index in [0.717, 1.165) is 12.1 Å². The number of hydrogen-bond acceptors (Lipinski definition) is 2. The summed E-state index contributed by atoms with van der Waals surface area (Å²) in [5, 5.41) is 0. The van der Waals surface area contributed by atoms with Crippen LogP contribution in [-0.4, -0.2) is 12.9 Å². The van der Waals surface area contributed by atoms with E-state index in [-0.39, 0.29) is 18.0 Å². The number of halogens is 3. The smallest absolute Gasteiger partial charge is 0.416 e. The molecule has 0 saturated heterocycles. The van der Waals surface area contributed by atoms with Crippen LogP contribution >= 0.6 is 0 Å². The SMILES string of the molecule is COc1cc(CC(C)=O)cc(C(F)(F)F)c1. The van der Waals surface area contributed by atoms with Crippen LogP contribution < -0.4 is 4.74 Å². The Hall–Kier alpha value is -1.52. The summed E-state index contributed by atoms with van der Waals surface area (Å²) in [5.74, 6) is -0.0903. The zero-order chi connectivity index (χ0) is 12.3. The van der Waals surface area contributed by atoms with E-state index in [0.29, 0.717) is 5.56 Å². The van der Waals surface area contributed by atoms with Crippen LogP contribution in [-0.2, 0) is 17.4 Å². The number of rotatable bonds is 3. The minimum Gasteiger partial charge on any atom is -0.497 e. The van der Waals surface area contributed by atoms with Crippen molar-refractivity contribution in [3.8, 4) is 5.75 Å². The van der Waals surface area contributed by atoms with Gasteiger partial charge in [0.15, 0.2) is 0 Å². The quantitative estimate of drug-likeness (QED) is 0.801. The van der Waals surface area contributed by atoms with Crippen molar-refractivity contribution in [2.75, 3.05) is 7.11 Å². The highest BCUT2D eigenvalue weighted by molar-refractivity contribution is 5.78. The molecule has 0 aliphatic heterocycles. The highest BCUT2D eigenvalue weighted by Crippen LogP contribution is 2.32. The number of alkyl halides is 3. The van der Waals surface area contributed by atoms with Gasteiger partial charge in [0.1, 0.15) is 11.5 Å². The Bertz CT molecular complexity index is 397. The van der Waals surface area contributed by atoms with Crippen LogP contribution in [0.5, 0.6) is 5.75 Å². The average Bonchev–Trinajstić information content (AvgIpc) is 2.14. The number of ketones is 1. The first-order valence-electron chi connectivity index (χ1n) is 4.57. The summed E-state index contributed by atoms with van der Waals surface area (Å²) in [6.45, 7) is 1.33. The van der Waals surface area contributed by atoms with E-state index in [4.69, 9.17) is 4.74 Å². The van der Waals surface area contributed by atoms with Crippen molar-refractivity contribution in [1.29, 1.82) is 0 Å². The monoisotopic (exact) mass is 232 g/mol. The van der Waals surface area contributed by atoms with Crippen molar-refractivity contribution in [2.24, 2.45) is 0 Å². The van der Waals surface area contributed by atoms with Gasteiger partial charge in [0, 0.05) is 6.42 Å². The lowest BCUT2D eigenvalue weighted by Crippen LogP contribution is -2.07. The largest absolute Gasteiger partial charge is 0.497 e. The van der Waals surface area contributed by atoms with E-state index in [1.54, 1.807) is 0 Å². The van der Waals surface area contributed by atoms with Gasteiger partial charge in [-0.25, -0.2) is 0 Å². The third-order valence-electron chi connectivity index (χ3n) is 1.98. The Balaban J connectivity index is 3.16. The fourth-order valence-electron chi connectivity index (χ4n) is 1.33. The molecule has 1 aromatic rings. The maximum absolute atomic E-state index is 12.5. The van der Waals surface area contributed by atoms with Gasteiger partial charge in [-0.15, -0.1) is 0 Å². The molecule has 0 aliphatic carbocycles. The molecule has 0 saturated carbocycles. The van der Waals surface area contributed by atoms with Gasteiger partial charge in [-0.1, -0.05) is 0 Å². The van der Waals surface area contributed by atoms with Crippen LogP contribution in [0.25, 0.3) is 0 Å². The summed E-state index contributed by atoms with van der Waals surface area (Å²) < 4.78 is 42.2. The topological polar surface area (TPSA) is 26.3 Å². The number of carbonyl (C=O) groups is 1. The average molecular weight is 232 g/mol. The fourth-order valence-corrected chi connectivity index (χ4v) is 1.33. The maximum atomic E-state index is 12.5. The molecule has 0 amide bonds. The lowest BCUT2D eigenvalue weighted by Gasteiger charge is -2.10. The molecule has 0 fully saturated rings. The van der Waals surface area contributed by atoms with Crippen molar-refractivity contribution >= 4 is 5.78 Å². The Labute approximate surface area is 91.0 Å². The molecule has 0 radical (unpaired) electrons. The first-order chi connectivity index (χ1) is 7.32. The van der Waals surface area contributed by atoms with E-state index in [1.165, 1.54) is 20.1 Å². The standard InChI is InChI=1S/C11H11F3O2/c1-7(15)3-8-4-9(11(12,13)14)6-10(5-8)16-2/h4-6H,3H2,1-2H3. The van der Waals surface area contributed by atoms with Crippen LogP contribution in [0.3, 0.4) is 0 Å². The van der Waals surface area contributed by atoms with E-state index >= 15 is 0 Å². The molecule has 2 nitrogen and oxygen atoms in total. The number of carbonyl (C=O) groups excluding carboxylic acids is 1. The Morgan fingerprint density at radius 3 is 2.38 bits per heavy atom. The lowest BCUT2D eigenvalue weighted by molar-refractivity contribution is -0.137. The molecular formula is C11H11F3O2. The van der Waals surface area contributed by atoms with E-state index in [1.807, 2.05) is 0 Å². The van der Waals surface area contributed by atoms with Crippen molar-refractivity contribution in [3.63, 3.8) is 0 Å². The molecule has 0 heterocycles. The van der Waals surface area contributed by atoms with Crippen LogP contribution in [0.1, 0.15) is 18.1 Å². The summed E-state index contributed by atoms with van der Waals surface area (Å²) in [7, 11) is 1.28. The molecule has 0 atom stereocenters. The summed E-state index contributed by atoms with van der Waals surface area (Å²) in [6, 6.07) is 3.30. The van der Waals surface area contributed by atoms with Gasteiger partial charge in [-0.2, -0.15) is 13.2 Å². The Morgan fingerprint density at radius 1 is 1.31 bits per heavy atom. The number of hydrogen-bond donors (Lipinski definition) is 0. The second-order valence-corrected chi connectivity index (χ2v) is 3.45. The molecule has 0 unspecified atom stereocenters. The van der Waals surface area contributed by atoms with Crippen molar-refractivity contribution in [3.05, 3.63) is 29.3 Å². The van der Waals surface area contributed by atoms with Gasteiger partial charge < -0.3 is 4.74 Å². The first-order valence-corrected chi connectivity index (χ1v) is 4.57. The number of ether oxygens (including phenoxy) is 1. The van der Waals surface area contributed by atoms with Crippen LogP contribution in [0.4, 0.5) is 13.2 Å². The van der Waals surface area contributed by atoms with E-state index in [2.05, 4.69) is 0 Å². The summed E-state index contributed by atoms with van der Waals surface area (Å²) in [6.07, 6.45) is -4.46. The highest BCUT2D eigenvalue weighted by Gasteiger charge is 2.31. The van der Waals surface area contributed by atoms with Crippen molar-refractivity contribution in [2.45, 2.75) is 19.5 Å². The van der Waals surface area contributed by atoms with Gasteiger partial charge in [0.05, 0.1) is 12.7 Å². The van der Waals surface area contributed by atoms with E-state index in [9.17, 15) is 18.0 Å². The van der Waals surface area contributed by atoms with Gasteiger partial charge in [-0.05, 0) is 30.7 Å². The molecule has 1 rings (SSSR count). The van der Waals surface area contributed by atoms with Gasteiger partial charge in [0.25, 0.3) is 0 Å². The molecule has 1 aromatic carbocycles. The molecule has 0 N–H and O–H groups in total. The van der Waals surface area contributed by atoms with Crippen LogP contribution in [0, 0.1) is 0 Å². The molecule has 5 heteroatoms. The molecule has 16 heavy (non-hydrogen) atoms. The molecule has 0 aromatic heterocycles. The maximum Gasteiger partial charge on any atom is 0.416 e. The molecule has 88 valence electrons. The summed E-state index contributed by atoms with van der Waals surface area (Å²) in [5.41, 5.74) is -0.498. The summed E-state index contributed by atoms with van der Waals surface area (Å²) in [4.78, 5) is 10.9. The van der Waals surface area contributed by atoms with Crippen LogP contribution in [0.2, 0.25) is 0 Å². The second-order valence-electron chi connectivity index (χ2n) is 3.45. The number of benzene rings is 1. The molecule has 0 bridgehead atoms.